The number of carbonyl (C=O) groups is 1. The van der Waals surface area contributed by atoms with Crippen LogP contribution in [0.25, 0.3) is 22.4 Å². The van der Waals surface area contributed by atoms with Crippen LogP contribution < -0.4 is 4.74 Å². The van der Waals surface area contributed by atoms with Crippen LogP contribution in [0, 0.1) is 13.8 Å². The first kappa shape index (κ1) is 19.7. The number of fused-ring (bicyclic) bond motifs is 1. The van der Waals surface area contributed by atoms with Crippen molar-refractivity contribution in [3.63, 3.8) is 0 Å². The van der Waals surface area contributed by atoms with E-state index in [2.05, 4.69) is 10.2 Å². The molecule has 2 aromatic heterocycles. The lowest BCUT2D eigenvalue weighted by molar-refractivity contribution is 0.0245. The smallest absolute Gasteiger partial charge is 0.375 e. The van der Waals surface area contributed by atoms with E-state index in [4.69, 9.17) is 18.3 Å². The number of esters is 1. The zero-order valence-electron chi connectivity index (χ0n) is 17.3. The number of hydrogen-bond donors (Lipinski definition) is 0. The molecule has 30 heavy (non-hydrogen) atoms. The van der Waals surface area contributed by atoms with Gasteiger partial charge in [0.15, 0.2) is 6.10 Å². The van der Waals surface area contributed by atoms with Gasteiger partial charge in [0.25, 0.3) is 5.89 Å². The molecule has 1 atom stereocenters. The van der Waals surface area contributed by atoms with E-state index in [1.54, 1.807) is 19.1 Å². The molecule has 0 spiro atoms. The number of aryl methyl sites for hydroxylation is 2. The van der Waals surface area contributed by atoms with E-state index in [9.17, 15) is 4.79 Å². The first-order valence-corrected chi connectivity index (χ1v) is 9.73. The van der Waals surface area contributed by atoms with Crippen LogP contribution >= 0.6 is 0 Å². The van der Waals surface area contributed by atoms with Gasteiger partial charge >= 0.3 is 5.97 Å². The average Bonchev–Trinajstić information content (AvgIpc) is 3.35. The molecule has 2 aromatic carbocycles. The topological polar surface area (TPSA) is 87.6 Å². The van der Waals surface area contributed by atoms with E-state index in [1.807, 2.05) is 51.1 Å². The Hall–Kier alpha value is -3.61. The van der Waals surface area contributed by atoms with Crippen LogP contribution in [0.1, 0.15) is 47.5 Å². The lowest BCUT2D eigenvalue weighted by Crippen LogP contribution is -2.09. The maximum Gasteiger partial charge on any atom is 0.375 e. The van der Waals surface area contributed by atoms with Crippen LogP contribution in [-0.4, -0.2) is 22.8 Å². The summed E-state index contributed by atoms with van der Waals surface area (Å²) in [4.78, 5) is 12.7. The third-order valence-corrected chi connectivity index (χ3v) is 4.77. The van der Waals surface area contributed by atoms with Gasteiger partial charge in [0, 0.05) is 16.5 Å². The number of ether oxygens (including phenoxy) is 2. The second kappa shape index (κ2) is 8.02. The van der Waals surface area contributed by atoms with Gasteiger partial charge in [-0.05, 0) is 58.0 Å². The summed E-state index contributed by atoms with van der Waals surface area (Å²) in [5.74, 6) is 0.854. The Morgan fingerprint density at radius 3 is 2.57 bits per heavy atom. The molecule has 0 aliphatic heterocycles. The molecular formula is C23H22N2O5. The van der Waals surface area contributed by atoms with E-state index in [1.165, 1.54) is 0 Å². The number of benzene rings is 2. The second-order valence-electron chi connectivity index (χ2n) is 7.01. The minimum absolute atomic E-state index is 0.142. The number of furan rings is 1. The summed E-state index contributed by atoms with van der Waals surface area (Å²) in [6, 6.07) is 13.2. The molecule has 4 aromatic rings. The maximum absolute atomic E-state index is 12.7. The van der Waals surface area contributed by atoms with E-state index in [0.717, 1.165) is 22.3 Å². The van der Waals surface area contributed by atoms with Crippen LogP contribution in [0.2, 0.25) is 0 Å². The normalized spacial score (nSPS) is 12.1. The molecule has 0 bridgehead atoms. The molecule has 0 N–H and O–H groups in total. The molecule has 154 valence electrons. The predicted molar refractivity (Wildman–Crippen MR) is 110 cm³/mol. The molecule has 4 rings (SSSR count). The Labute approximate surface area is 173 Å². The summed E-state index contributed by atoms with van der Waals surface area (Å²) in [5.41, 5.74) is 3.22. The van der Waals surface area contributed by atoms with Crippen molar-refractivity contribution in [1.82, 2.24) is 10.2 Å². The Balaban J connectivity index is 1.52. The van der Waals surface area contributed by atoms with Crippen molar-refractivity contribution in [3.05, 3.63) is 65.2 Å². The maximum atomic E-state index is 12.7. The van der Waals surface area contributed by atoms with E-state index in [0.29, 0.717) is 23.6 Å². The number of carbonyl (C=O) groups excluding carboxylic acids is 1. The van der Waals surface area contributed by atoms with Gasteiger partial charge in [0.1, 0.15) is 11.3 Å². The lowest BCUT2D eigenvalue weighted by atomic mass is 10.1. The SMILES string of the molecule is CCOc1ccc2oc(C(=O)O[C@@H](C)c3nnc(-c4ccc(C)cc4)o3)c(C)c2c1. The van der Waals surface area contributed by atoms with Crippen molar-refractivity contribution >= 4 is 16.9 Å². The first-order chi connectivity index (χ1) is 14.5. The molecule has 0 radical (unpaired) electrons. The standard InChI is InChI=1S/C23H22N2O5/c1-5-27-17-10-11-19-18(12-17)14(3)20(29-19)23(26)28-15(4)21-24-25-22(30-21)16-8-6-13(2)7-9-16/h6-12,15H,5H2,1-4H3/t15-/m0/s1. The highest BCUT2D eigenvalue weighted by molar-refractivity contribution is 5.96. The van der Waals surface area contributed by atoms with Crippen molar-refractivity contribution < 1.29 is 23.1 Å². The zero-order chi connectivity index (χ0) is 21.3. The molecule has 0 saturated heterocycles. The fourth-order valence-corrected chi connectivity index (χ4v) is 3.13. The van der Waals surface area contributed by atoms with Gasteiger partial charge in [0.2, 0.25) is 11.7 Å². The summed E-state index contributed by atoms with van der Waals surface area (Å²) in [5, 5.41) is 8.87. The van der Waals surface area contributed by atoms with Gasteiger partial charge in [-0.25, -0.2) is 4.79 Å². The van der Waals surface area contributed by atoms with Crippen molar-refractivity contribution in [2.24, 2.45) is 0 Å². The van der Waals surface area contributed by atoms with E-state index < -0.39 is 12.1 Å². The largest absolute Gasteiger partial charge is 0.494 e. The minimum Gasteiger partial charge on any atom is -0.494 e. The summed E-state index contributed by atoms with van der Waals surface area (Å²) in [6.07, 6.45) is -0.726. The van der Waals surface area contributed by atoms with Gasteiger partial charge in [-0.3, -0.25) is 0 Å². The summed E-state index contributed by atoms with van der Waals surface area (Å²) in [7, 11) is 0. The van der Waals surface area contributed by atoms with Gasteiger partial charge in [-0.2, -0.15) is 0 Å². The number of rotatable bonds is 6. The van der Waals surface area contributed by atoms with Crippen molar-refractivity contribution in [2.75, 3.05) is 6.61 Å². The second-order valence-corrected chi connectivity index (χ2v) is 7.01. The fourth-order valence-electron chi connectivity index (χ4n) is 3.13. The summed E-state index contributed by atoms with van der Waals surface area (Å²) in [6.45, 7) is 7.96. The predicted octanol–water partition coefficient (Wildman–Crippen LogP) is 5.42. The number of aromatic nitrogens is 2. The monoisotopic (exact) mass is 406 g/mol. The highest BCUT2D eigenvalue weighted by atomic mass is 16.6. The Kier molecular flexibility index (Phi) is 5.27. The van der Waals surface area contributed by atoms with Crippen LogP contribution in [0.5, 0.6) is 5.75 Å². The first-order valence-electron chi connectivity index (χ1n) is 9.73. The molecular weight excluding hydrogens is 384 g/mol. The van der Waals surface area contributed by atoms with Gasteiger partial charge in [0.05, 0.1) is 6.61 Å². The highest BCUT2D eigenvalue weighted by Crippen LogP contribution is 2.30. The van der Waals surface area contributed by atoms with Crippen LogP contribution in [0.3, 0.4) is 0 Å². The summed E-state index contributed by atoms with van der Waals surface area (Å²) >= 11 is 0. The van der Waals surface area contributed by atoms with Crippen LogP contribution in [-0.2, 0) is 4.74 Å². The Bertz CT molecular complexity index is 1190. The number of nitrogens with zero attached hydrogens (tertiary/aromatic N) is 2. The molecule has 2 heterocycles. The lowest BCUT2D eigenvalue weighted by Gasteiger charge is -2.08. The molecule has 0 saturated carbocycles. The molecule has 0 fully saturated rings. The van der Waals surface area contributed by atoms with Crippen LogP contribution in [0.15, 0.2) is 51.3 Å². The van der Waals surface area contributed by atoms with Crippen LogP contribution in [0.4, 0.5) is 0 Å². The van der Waals surface area contributed by atoms with Crippen molar-refractivity contribution in [1.29, 1.82) is 0 Å². The minimum atomic E-state index is -0.726. The molecule has 7 heteroatoms. The Morgan fingerprint density at radius 2 is 1.83 bits per heavy atom. The molecule has 0 aliphatic rings. The quantitative estimate of drug-likeness (QED) is 0.395. The molecule has 7 nitrogen and oxygen atoms in total. The Morgan fingerprint density at radius 1 is 1.07 bits per heavy atom. The fraction of sp³-hybridized carbons (Fsp3) is 0.261. The average molecular weight is 406 g/mol. The molecule has 0 aliphatic carbocycles. The van der Waals surface area contributed by atoms with Crippen molar-refractivity contribution in [3.8, 4) is 17.2 Å². The zero-order valence-corrected chi connectivity index (χ0v) is 17.3. The highest BCUT2D eigenvalue weighted by Gasteiger charge is 2.24. The number of hydrogen-bond acceptors (Lipinski definition) is 7. The van der Waals surface area contributed by atoms with Gasteiger partial charge in [-0.1, -0.05) is 17.7 Å². The van der Waals surface area contributed by atoms with Gasteiger partial charge in [-0.15, -0.1) is 10.2 Å². The van der Waals surface area contributed by atoms with Gasteiger partial charge < -0.3 is 18.3 Å². The summed E-state index contributed by atoms with van der Waals surface area (Å²) < 4.78 is 22.5. The molecule has 0 amide bonds. The third kappa shape index (κ3) is 3.78. The van der Waals surface area contributed by atoms with E-state index >= 15 is 0 Å². The third-order valence-electron chi connectivity index (χ3n) is 4.77. The van der Waals surface area contributed by atoms with Crippen molar-refractivity contribution in [2.45, 2.75) is 33.8 Å². The van der Waals surface area contributed by atoms with E-state index in [-0.39, 0.29) is 11.7 Å². The molecule has 0 unspecified atom stereocenters.